The van der Waals surface area contributed by atoms with E-state index < -0.39 is 6.04 Å². The lowest BCUT2D eigenvalue weighted by molar-refractivity contribution is -0.119. The van der Waals surface area contributed by atoms with Gasteiger partial charge in [0.1, 0.15) is 11.7 Å². The van der Waals surface area contributed by atoms with E-state index in [0.29, 0.717) is 0 Å². The molecular weight excluding hydrogens is 400 g/mol. The largest absolute Gasteiger partial charge is 0.353 e. The maximum absolute atomic E-state index is 13.4. The van der Waals surface area contributed by atoms with Gasteiger partial charge in [-0.25, -0.2) is 4.98 Å². The number of rotatable bonds is 3. The van der Waals surface area contributed by atoms with E-state index in [-0.39, 0.29) is 17.5 Å². The van der Waals surface area contributed by atoms with Gasteiger partial charge in [-0.05, 0) is 30.3 Å². The summed E-state index contributed by atoms with van der Waals surface area (Å²) < 4.78 is 0. The SMILES string of the molecule is O=C(NC1C(=O)N(c2ccccc2)c2ccccc21)c1cc2c(cn1)[nH]c1ccccc12. The minimum Gasteiger partial charge on any atom is -0.353 e. The molecule has 2 N–H and O–H groups in total. The number of amides is 2. The van der Waals surface area contributed by atoms with Crippen molar-refractivity contribution in [2.24, 2.45) is 0 Å². The molecule has 1 unspecified atom stereocenters. The summed E-state index contributed by atoms with van der Waals surface area (Å²) in [7, 11) is 0. The molecule has 1 atom stereocenters. The molecule has 0 radical (unpaired) electrons. The van der Waals surface area contributed by atoms with E-state index in [9.17, 15) is 9.59 Å². The zero-order chi connectivity index (χ0) is 21.7. The highest BCUT2D eigenvalue weighted by Gasteiger charge is 2.39. The number of pyridine rings is 1. The number of hydrogen-bond acceptors (Lipinski definition) is 3. The number of carbonyl (C=O) groups is 2. The van der Waals surface area contributed by atoms with Crippen molar-refractivity contribution < 1.29 is 9.59 Å². The molecule has 3 heterocycles. The third-order valence-corrected chi connectivity index (χ3v) is 5.87. The van der Waals surface area contributed by atoms with E-state index in [4.69, 9.17) is 0 Å². The number of carbonyl (C=O) groups excluding carboxylic acids is 2. The normalized spacial score (nSPS) is 15.3. The Bertz CT molecular complexity index is 1510. The first-order chi connectivity index (χ1) is 15.7. The summed E-state index contributed by atoms with van der Waals surface area (Å²) in [6, 6.07) is 25.9. The van der Waals surface area contributed by atoms with Crippen LogP contribution in [0.3, 0.4) is 0 Å². The monoisotopic (exact) mass is 418 g/mol. The topological polar surface area (TPSA) is 78.1 Å². The molecule has 154 valence electrons. The quantitative estimate of drug-likeness (QED) is 0.439. The number of fused-ring (bicyclic) bond motifs is 4. The molecule has 5 aromatic rings. The Labute approximate surface area is 183 Å². The summed E-state index contributed by atoms with van der Waals surface area (Å²) in [5, 5.41) is 4.85. The lowest BCUT2D eigenvalue weighted by Gasteiger charge is -2.18. The number of aromatic nitrogens is 2. The van der Waals surface area contributed by atoms with Gasteiger partial charge in [0.05, 0.1) is 17.4 Å². The second-order valence-corrected chi connectivity index (χ2v) is 7.76. The Morgan fingerprint density at radius 2 is 1.62 bits per heavy atom. The smallest absolute Gasteiger partial charge is 0.270 e. The Morgan fingerprint density at radius 3 is 2.50 bits per heavy atom. The summed E-state index contributed by atoms with van der Waals surface area (Å²) in [6.45, 7) is 0. The summed E-state index contributed by atoms with van der Waals surface area (Å²) >= 11 is 0. The molecule has 0 saturated carbocycles. The molecule has 0 aliphatic carbocycles. The van der Waals surface area contributed by atoms with Crippen LogP contribution in [0.15, 0.2) is 91.1 Å². The second-order valence-electron chi connectivity index (χ2n) is 7.76. The van der Waals surface area contributed by atoms with Crippen molar-refractivity contribution in [3.63, 3.8) is 0 Å². The Morgan fingerprint density at radius 1 is 0.875 bits per heavy atom. The lowest BCUT2D eigenvalue weighted by Crippen LogP contribution is -2.36. The fraction of sp³-hybridized carbons (Fsp3) is 0.0385. The predicted molar refractivity (Wildman–Crippen MR) is 124 cm³/mol. The molecule has 3 aromatic carbocycles. The van der Waals surface area contributed by atoms with Gasteiger partial charge in [0.25, 0.3) is 11.8 Å². The van der Waals surface area contributed by atoms with Crippen LogP contribution >= 0.6 is 0 Å². The van der Waals surface area contributed by atoms with Gasteiger partial charge in [0.15, 0.2) is 0 Å². The lowest BCUT2D eigenvalue weighted by atomic mass is 10.1. The van der Waals surface area contributed by atoms with Gasteiger partial charge in [-0.1, -0.05) is 54.6 Å². The number of anilines is 2. The number of H-pyrrole nitrogens is 1. The molecule has 1 aliphatic rings. The van der Waals surface area contributed by atoms with E-state index in [2.05, 4.69) is 15.3 Å². The van der Waals surface area contributed by atoms with Crippen molar-refractivity contribution in [1.29, 1.82) is 0 Å². The number of aromatic amines is 1. The van der Waals surface area contributed by atoms with E-state index in [1.54, 1.807) is 17.2 Å². The van der Waals surface area contributed by atoms with Gasteiger partial charge in [0, 0.05) is 27.5 Å². The fourth-order valence-electron chi connectivity index (χ4n) is 4.38. The highest BCUT2D eigenvalue weighted by atomic mass is 16.2. The molecule has 6 nitrogen and oxygen atoms in total. The van der Waals surface area contributed by atoms with E-state index in [1.165, 1.54) is 0 Å². The molecule has 0 fully saturated rings. The van der Waals surface area contributed by atoms with Crippen molar-refractivity contribution in [2.75, 3.05) is 4.90 Å². The van der Waals surface area contributed by atoms with Crippen LogP contribution in [0.1, 0.15) is 22.1 Å². The van der Waals surface area contributed by atoms with Crippen LogP contribution in [0.5, 0.6) is 0 Å². The van der Waals surface area contributed by atoms with Crippen LogP contribution in [0.25, 0.3) is 21.8 Å². The van der Waals surface area contributed by atoms with Crippen LogP contribution in [0.2, 0.25) is 0 Å². The van der Waals surface area contributed by atoms with Gasteiger partial charge in [-0.3, -0.25) is 14.5 Å². The second kappa shape index (κ2) is 7.06. The molecular formula is C26H18N4O2. The van der Waals surface area contributed by atoms with Crippen LogP contribution < -0.4 is 10.2 Å². The van der Waals surface area contributed by atoms with Gasteiger partial charge in [-0.15, -0.1) is 0 Å². The third kappa shape index (κ3) is 2.77. The molecule has 0 saturated heterocycles. The van der Waals surface area contributed by atoms with Gasteiger partial charge >= 0.3 is 0 Å². The number of benzene rings is 3. The van der Waals surface area contributed by atoms with Crippen LogP contribution in [-0.4, -0.2) is 21.8 Å². The van der Waals surface area contributed by atoms with Crippen molar-refractivity contribution >= 4 is 45.0 Å². The van der Waals surface area contributed by atoms with E-state index in [0.717, 1.165) is 38.7 Å². The van der Waals surface area contributed by atoms with Crippen molar-refractivity contribution in [1.82, 2.24) is 15.3 Å². The maximum atomic E-state index is 13.4. The summed E-state index contributed by atoms with van der Waals surface area (Å²) in [6.07, 6.45) is 1.66. The van der Waals surface area contributed by atoms with Crippen LogP contribution in [0.4, 0.5) is 11.4 Å². The zero-order valence-electron chi connectivity index (χ0n) is 16.9. The minimum absolute atomic E-state index is 0.195. The van der Waals surface area contributed by atoms with E-state index >= 15 is 0 Å². The van der Waals surface area contributed by atoms with Crippen molar-refractivity contribution in [3.05, 3.63) is 102 Å². The Balaban J connectivity index is 1.36. The Kier molecular flexibility index (Phi) is 4.04. The van der Waals surface area contributed by atoms with Gasteiger partial charge in [-0.2, -0.15) is 0 Å². The molecule has 1 aliphatic heterocycles. The highest BCUT2D eigenvalue weighted by molar-refractivity contribution is 6.13. The third-order valence-electron chi connectivity index (χ3n) is 5.87. The summed E-state index contributed by atoms with van der Waals surface area (Å²) in [5.74, 6) is -0.584. The summed E-state index contributed by atoms with van der Waals surface area (Å²) in [4.78, 5) is 35.8. The average Bonchev–Trinajstić information content (AvgIpc) is 3.34. The molecule has 6 rings (SSSR count). The van der Waals surface area contributed by atoms with Crippen LogP contribution in [-0.2, 0) is 4.79 Å². The standard InChI is InChI=1S/C26H18N4O2/c31-25(21-14-19-17-10-4-6-12-20(17)28-22(19)15-27-21)29-24-18-11-5-7-13-23(18)30(26(24)32)16-8-2-1-3-9-16/h1-15,24,28H,(H,29,31). The first-order valence-electron chi connectivity index (χ1n) is 10.4. The molecule has 2 amide bonds. The van der Waals surface area contributed by atoms with Gasteiger partial charge in [0.2, 0.25) is 0 Å². The molecule has 0 bridgehead atoms. The molecule has 2 aromatic heterocycles. The van der Waals surface area contributed by atoms with Crippen LogP contribution in [0, 0.1) is 0 Å². The maximum Gasteiger partial charge on any atom is 0.270 e. The van der Waals surface area contributed by atoms with E-state index in [1.807, 2.05) is 78.9 Å². The number of nitrogens with one attached hydrogen (secondary N) is 2. The van der Waals surface area contributed by atoms with Crippen molar-refractivity contribution in [3.8, 4) is 0 Å². The van der Waals surface area contributed by atoms with Crippen molar-refractivity contribution in [2.45, 2.75) is 6.04 Å². The average molecular weight is 418 g/mol. The number of nitrogens with zero attached hydrogens (tertiary/aromatic N) is 2. The first-order valence-corrected chi connectivity index (χ1v) is 10.4. The molecule has 32 heavy (non-hydrogen) atoms. The Hall–Kier alpha value is -4.45. The summed E-state index contributed by atoms with van der Waals surface area (Å²) in [5.41, 5.74) is 4.42. The fourth-order valence-corrected chi connectivity index (χ4v) is 4.38. The predicted octanol–water partition coefficient (Wildman–Crippen LogP) is 4.87. The number of hydrogen-bond donors (Lipinski definition) is 2. The van der Waals surface area contributed by atoms with Gasteiger partial charge < -0.3 is 10.3 Å². The molecule has 6 heteroatoms. The highest BCUT2D eigenvalue weighted by Crippen LogP contribution is 2.40. The number of para-hydroxylation sites is 3. The first kappa shape index (κ1) is 18.3. The molecule has 0 spiro atoms. The minimum atomic E-state index is -0.778. The zero-order valence-corrected chi connectivity index (χ0v) is 16.9.